The third-order valence-corrected chi connectivity index (χ3v) is 3.18. The zero-order valence-electron chi connectivity index (χ0n) is 13.9. The average Bonchev–Trinajstić information content (AvgIpc) is 2.61. The lowest BCUT2D eigenvalue weighted by Gasteiger charge is -2.14. The summed E-state index contributed by atoms with van der Waals surface area (Å²) in [6, 6.07) is 8.53. The molecule has 0 aromatic heterocycles. The van der Waals surface area contributed by atoms with Crippen molar-refractivity contribution in [2.75, 3.05) is 14.2 Å². The Balaban J connectivity index is 2.18. The van der Waals surface area contributed by atoms with Crippen LogP contribution in [0.15, 0.2) is 41.5 Å². The van der Waals surface area contributed by atoms with Crippen LogP contribution in [0.3, 0.4) is 0 Å². The molecule has 0 saturated carbocycles. The number of hydrogen-bond acceptors (Lipinski definition) is 6. The van der Waals surface area contributed by atoms with Crippen molar-refractivity contribution in [3.63, 3.8) is 0 Å². The van der Waals surface area contributed by atoms with Crippen LogP contribution in [0.25, 0.3) is 0 Å². The summed E-state index contributed by atoms with van der Waals surface area (Å²) in [7, 11) is 2.58. The van der Waals surface area contributed by atoms with Crippen LogP contribution in [-0.2, 0) is 0 Å². The van der Waals surface area contributed by atoms with E-state index in [4.69, 9.17) is 9.47 Å². The Labute approximate surface area is 147 Å². The van der Waals surface area contributed by atoms with Crippen molar-refractivity contribution in [2.45, 2.75) is 6.61 Å². The average molecular weight is 366 g/mol. The second kappa shape index (κ2) is 8.65. The quantitative estimate of drug-likeness (QED) is 0.581. The Morgan fingerprint density at radius 2 is 1.85 bits per heavy atom. The molecule has 0 saturated heterocycles. The van der Waals surface area contributed by atoms with Crippen LogP contribution >= 0.6 is 0 Å². The van der Waals surface area contributed by atoms with Crippen LogP contribution in [-0.4, -0.2) is 38.1 Å². The van der Waals surface area contributed by atoms with Crippen LogP contribution in [0.2, 0.25) is 0 Å². The van der Waals surface area contributed by atoms with Crippen LogP contribution < -0.4 is 19.6 Å². The van der Waals surface area contributed by atoms with Crippen LogP contribution in [0, 0.1) is 0 Å². The fourth-order valence-corrected chi connectivity index (χ4v) is 2.06. The fourth-order valence-electron chi connectivity index (χ4n) is 2.06. The number of alkyl halides is 2. The summed E-state index contributed by atoms with van der Waals surface area (Å²) in [4.78, 5) is 11.9. The molecule has 2 N–H and O–H groups in total. The zero-order valence-corrected chi connectivity index (χ0v) is 13.9. The Morgan fingerprint density at radius 1 is 1.19 bits per heavy atom. The topological polar surface area (TPSA) is 89.4 Å². The van der Waals surface area contributed by atoms with Crippen molar-refractivity contribution in [1.29, 1.82) is 0 Å². The van der Waals surface area contributed by atoms with Crippen molar-refractivity contribution < 1.29 is 32.9 Å². The fraction of sp³-hybridized carbons (Fsp3) is 0.176. The van der Waals surface area contributed by atoms with E-state index in [1.807, 2.05) is 0 Å². The van der Waals surface area contributed by atoms with Crippen molar-refractivity contribution in [3.8, 4) is 23.0 Å². The van der Waals surface area contributed by atoms with Gasteiger partial charge in [-0.2, -0.15) is 13.9 Å². The molecule has 26 heavy (non-hydrogen) atoms. The molecule has 0 fully saturated rings. The second-order valence-corrected chi connectivity index (χ2v) is 4.88. The molecular formula is C17H16F2N2O5. The molecule has 1 amide bonds. The van der Waals surface area contributed by atoms with Gasteiger partial charge in [0.05, 0.1) is 20.4 Å². The molecule has 2 aromatic carbocycles. The minimum absolute atomic E-state index is 0.0189. The first kappa shape index (κ1) is 19.0. The van der Waals surface area contributed by atoms with Gasteiger partial charge in [-0.05, 0) is 30.3 Å². The van der Waals surface area contributed by atoms with E-state index in [0.717, 1.165) is 0 Å². The molecule has 138 valence electrons. The van der Waals surface area contributed by atoms with E-state index in [0.29, 0.717) is 5.56 Å². The van der Waals surface area contributed by atoms with Gasteiger partial charge in [0.2, 0.25) is 5.75 Å². The first-order valence-electron chi connectivity index (χ1n) is 7.28. The molecule has 9 heteroatoms. The molecule has 2 rings (SSSR count). The smallest absolute Gasteiger partial charge is 0.387 e. The molecule has 0 atom stereocenters. The largest absolute Gasteiger partial charge is 0.508 e. The maximum atomic E-state index is 12.5. The van der Waals surface area contributed by atoms with E-state index >= 15 is 0 Å². The predicted octanol–water partition coefficient (Wildman–Crippen LogP) is 2.77. The highest BCUT2D eigenvalue weighted by molar-refractivity contribution is 5.95. The number of carbonyl (C=O) groups excluding carboxylic acids is 1. The number of nitrogens with one attached hydrogen (secondary N) is 1. The molecule has 0 radical (unpaired) electrons. The number of aromatic hydroxyl groups is 1. The zero-order chi connectivity index (χ0) is 19.1. The third-order valence-electron chi connectivity index (χ3n) is 3.18. The normalized spacial score (nSPS) is 10.8. The maximum Gasteiger partial charge on any atom is 0.387 e. The summed E-state index contributed by atoms with van der Waals surface area (Å²) in [6.45, 7) is -3.04. The number of rotatable bonds is 7. The number of phenolic OH excluding ortho intramolecular Hbond substituents is 1. The van der Waals surface area contributed by atoms with Crippen LogP contribution in [0.1, 0.15) is 15.9 Å². The number of ether oxygens (including phenoxy) is 3. The Kier molecular flexibility index (Phi) is 6.31. The lowest BCUT2D eigenvalue weighted by atomic mass is 10.2. The summed E-state index contributed by atoms with van der Waals surface area (Å²) < 4.78 is 39.5. The van der Waals surface area contributed by atoms with Crippen molar-refractivity contribution >= 4 is 12.1 Å². The van der Waals surface area contributed by atoms with Gasteiger partial charge in [0.25, 0.3) is 5.91 Å². The van der Waals surface area contributed by atoms with E-state index in [9.17, 15) is 18.7 Å². The summed E-state index contributed by atoms with van der Waals surface area (Å²) >= 11 is 0. The molecule has 2 aromatic rings. The lowest BCUT2D eigenvalue weighted by molar-refractivity contribution is -0.0526. The van der Waals surface area contributed by atoms with E-state index in [1.165, 1.54) is 56.8 Å². The van der Waals surface area contributed by atoms with Gasteiger partial charge in [-0.25, -0.2) is 5.43 Å². The lowest BCUT2D eigenvalue weighted by Crippen LogP contribution is -2.17. The number of hydrogen-bond donors (Lipinski definition) is 2. The highest BCUT2D eigenvalue weighted by Crippen LogP contribution is 2.39. The molecule has 0 aliphatic carbocycles. The Hall–Kier alpha value is -3.36. The number of halogens is 2. The first-order chi connectivity index (χ1) is 12.4. The summed E-state index contributed by atoms with van der Waals surface area (Å²) in [5.74, 6) is -0.791. The van der Waals surface area contributed by atoms with Crippen molar-refractivity contribution in [3.05, 3.63) is 47.5 Å². The number of methoxy groups -OCH3 is 2. The van der Waals surface area contributed by atoms with E-state index in [2.05, 4.69) is 15.3 Å². The van der Waals surface area contributed by atoms with Gasteiger partial charge in [-0.1, -0.05) is 6.07 Å². The van der Waals surface area contributed by atoms with E-state index in [1.54, 1.807) is 0 Å². The molecule has 0 bridgehead atoms. The molecular weight excluding hydrogens is 350 g/mol. The van der Waals surface area contributed by atoms with Gasteiger partial charge in [-0.3, -0.25) is 4.79 Å². The number of phenols is 1. The number of nitrogens with zero attached hydrogens (tertiary/aromatic N) is 1. The molecule has 0 unspecified atom stereocenters. The second-order valence-electron chi connectivity index (χ2n) is 4.88. The Morgan fingerprint density at radius 3 is 2.38 bits per heavy atom. The Bertz CT molecular complexity index is 786. The van der Waals surface area contributed by atoms with Gasteiger partial charge >= 0.3 is 6.61 Å². The number of amides is 1. The minimum Gasteiger partial charge on any atom is -0.508 e. The molecule has 7 nitrogen and oxygen atoms in total. The monoisotopic (exact) mass is 366 g/mol. The standard InChI is InChI=1S/C17H16F2N2O5/c1-24-13-6-10(7-14(25-2)15(13)26-17(18)19)9-20-21-16(23)11-4-3-5-12(22)8-11/h3-9,17,22H,1-2H3,(H,21,23)/b20-9-. The van der Waals surface area contributed by atoms with Crippen molar-refractivity contribution in [1.82, 2.24) is 5.43 Å². The minimum atomic E-state index is -3.04. The summed E-state index contributed by atoms with van der Waals surface area (Å²) in [5, 5.41) is 13.1. The van der Waals surface area contributed by atoms with Crippen LogP contribution in [0.4, 0.5) is 8.78 Å². The van der Waals surface area contributed by atoms with Gasteiger partial charge in [0.15, 0.2) is 11.5 Å². The third kappa shape index (κ3) is 4.82. The SMILES string of the molecule is COc1cc(/C=N\NC(=O)c2cccc(O)c2)cc(OC)c1OC(F)F. The summed E-state index contributed by atoms with van der Waals surface area (Å²) in [6.07, 6.45) is 1.28. The van der Waals surface area contributed by atoms with Gasteiger partial charge in [0, 0.05) is 11.1 Å². The molecule has 0 aliphatic heterocycles. The van der Waals surface area contributed by atoms with E-state index in [-0.39, 0.29) is 28.6 Å². The first-order valence-corrected chi connectivity index (χ1v) is 7.28. The predicted molar refractivity (Wildman–Crippen MR) is 89.3 cm³/mol. The number of carbonyl (C=O) groups is 1. The van der Waals surface area contributed by atoms with E-state index < -0.39 is 12.5 Å². The molecule has 0 aliphatic rings. The number of hydrazone groups is 1. The molecule has 0 spiro atoms. The van der Waals surface area contributed by atoms with Crippen molar-refractivity contribution in [2.24, 2.45) is 5.10 Å². The maximum absolute atomic E-state index is 12.5. The molecule has 0 heterocycles. The van der Waals surface area contributed by atoms with Crippen LogP contribution in [0.5, 0.6) is 23.0 Å². The van der Waals surface area contributed by atoms with Gasteiger partial charge < -0.3 is 19.3 Å². The highest BCUT2D eigenvalue weighted by Gasteiger charge is 2.17. The van der Waals surface area contributed by atoms with Gasteiger partial charge in [-0.15, -0.1) is 0 Å². The summed E-state index contributed by atoms with van der Waals surface area (Å²) in [5.41, 5.74) is 2.92. The number of benzene rings is 2. The van der Waals surface area contributed by atoms with Gasteiger partial charge in [0.1, 0.15) is 5.75 Å². The highest BCUT2D eigenvalue weighted by atomic mass is 19.3.